The Bertz CT molecular complexity index is 1130. The van der Waals surface area contributed by atoms with Crippen LogP contribution in [0.2, 0.25) is 0 Å². The number of esters is 1. The molecule has 0 bridgehead atoms. The number of hydrogen-bond acceptors (Lipinski definition) is 4. The number of nitrogens with zero attached hydrogens (tertiary/aromatic N) is 2. The Morgan fingerprint density at radius 3 is 2.48 bits per heavy atom. The summed E-state index contributed by atoms with van der Waals surface area (Å²) >= 11 is 0.945. The molecule has 8 heteroatoms. The predicted molar refractivity (Wildman–Crippen MR) is 107 cm³/mol. The number of hydrogen-bond donors (Lipinski definition) is 0. The Kier molecular flexibility index (Phi) is 6.22. The number of halogens is 2. The van der Waals surface area contributed by atoms with Gasteiger partial charge in [-0.25, -0.2) is 13.6 Å². The number of benzene rings is 2. The highest BCUT2D eigenvalue weighted by molar-refractivity contribution is 7.16. The second kappa shape index (κ2) is 8.65. The van der Waals surface area contributed by atoms with Gasteiger partial charge in [0.2, 0.25) is 0 Å². The van der Waals surface area contributed by atoms with E-state index >= 15 is 0 Å². The number of amides is 1. The monoisotopic (exact) mass is 418 g/mol. The SMILES string of the molecule is CCOC(=O)C(CC)n1c(=NC(=O)c2ccc(C)cc2)sc2cc(F)cc(F)c21. The van der Waals surface area contributed by atoms with Crippen LogP contribution in [0.15, 0.2) is 41.4 Å². The van der Waals surface area contributed by atoms with Gasteiger partial charge < -0.3 is 4.74 Å². The van der Waals surface area contributed by atoms with Crippen LogP contribution in [0.25, 0.3) is 10.2 Å². The molecule has 5 nitrogen and oxygen atoms in total. The molecular formula is C21H20F2N2O3S. The van der Waals surface area contributed by atoms with E-state index in [-0.39, 0.29) is 28.0 Å². The van der Waals surface area contributed by atoms with Gasteiger partial charge in [0.05, 0.1) is 16.8 Å². The van der Waals surface area contributed by atoms with E-state index < -0.39 is 29.6 Å². The maximum absolute atomic E-state index is 14.6. The highest BCUT2D eigenvalue weighted by Gasteiger charge is 2.26. The van der Waals surface area contributed by atoms with Crippen LogP contribution in [0.3, 0.4) is 0 Å². The number of carbonyl (C=O) groups is 2. The Labute approximate surface area is 170 Å². The second-order valence-electron chi connectivity index (χ2n) is 6.45. The summed E-state index contributed by atoms with van der Waals surface area (Å²) in [5, 5.41) is 0. The van der Waals surface area contributed by atoms with Crippen LogP contribution in [0.4, 0.5) is 8.78 Å². The van der Waals surface area contributed by atoms with Gasteiger partial charge in [-0.2, -0.15) is 4.99 Å². The van der Waals surface area contributed by atoms with Crippen molar-refractivity contribution in [2.45, 2.75) is 33.2 Å². The molecule has 1 atom stereocenters. The van der Waals surface area contributed by atoms with Crippen molar-refractivity contribution in [3.63, 3.8) is 0 Å². The average Bonchev–Trinajstić information content (AvgIpc) is 3.01. The van der Waals surface area contributed by atoms with Crippen molar-refractivity contribution < 1.29 is 23.1 Å². The van der Waals surface area contributed by atoms with Crippen LogP contribution in [0.5, 0.6) is 0 Å². The van der Waals surface area contributed by atoms with Crippen LogP contribution in [-0.4, -0.2) is 23.1 Å². The molecule has 152 valence electrons. The Hall–Kier alpha value is -2.87. The van der Waals surface area contributed by atoms with E-state index in [1.807, 2.05) is 6.92 Å². The fraction of sp³-hybridized carbons (Fsp3) is 0.286. The van der Waals surface area contributed by atoms with Crippen molar-refractivity contribution in [1.29, 1.82) is 0 Å². The highest BCUT2D eigenvalue weighted by Crippen LogP contribution is 2.27. The summed E-state index contributed by atoms with van der Waals surface area (Å²) in [5.74, 6) is -2.68. The van der Waals surface area contributed by atoms with Gasteiger partial charge in [-0.3, -0.25) is 9.36 Å². The third-order valence-corrected chi connectivity index (χ3v) is 5.40. The van der Waals surface area contributed by atoms with Gasteiger partial charge in [-0.1, -0.05) is 36.0 Å². The van der Waals surface area contributed by atoms with Crippen molar-refractivity contribution >= 4 is 33.4 Å². The van der Waals surface area contributed by atoms with Gasteiger partial charge in [0.25, 0.3) is 5.91 Å². The molecule has 3 aromatic rings. The first-order valence-corrected chi connectivity index (χ1v) is 9.99. The summed E-state index contributed by atoms with van der Waals surface area (Å²) in [6.45, 7) is 5.46. The minimum absolute atomic E-state index is 0.0201. The molecule has 0 aliphatic heterocycles. The second-order valence-corrected chi connectivity index (χ2v) is 7.46. The van der Waals surface area contributed by atoms with Crippen molar-refractivity contribution in [3.05, 3.63) is 64.0 Å². The maximum atomic E-state index is 14.6. The number of thiazole rings is 1. The zero-order valence-corrected chi connectivity index (χ0v) is 17.1. The summed E-state index contributed by atoms with van der Waals surface area (Å²) in [6, 6.07) is 7.85. The third-order valence-electron chi connectivity index (χ3n) is 4.39. The van der Waals surface area contributed by atoms with Gasteiger partial charge in [0.1, 0.15) is 11.9 Å². The molecule has 29 heavy (non-hydrogen) atoms. The van der Waals surface area contributed by atoms with Crippen LogP contribution in [0, 0.1) is 18.6 Å². The summed E-state index contributed by atoms with van der Waals surface area (Å²) in [4.78, 5) is 29.4. The molecule has 0 N–H and O–H groups in total. The first kappa shape index (κ1) is 20.9. The predicted octanol–water partition coefficient (Wildman–Crippen LogP) is 4.54. The van der Waals surface area contributed by atoms with Crippen molar-refractivity contribution in [2.75, 3.05) is 6.61 Å². The van der Waals surface area contributed by atoms with Gasteiger partial charge in [-0.15, -0.1) is 0 Å². The van der Waals surface area contributed by atoms with Crippen molar-refractivity contribution in [2.24, 2.45) is 4.99 Å². The van der Waals surface area contributed by atoms with Crippen LogP contribution >= 0.6 is 11.3 Å². The lowest BCUT2D eigenvalue weighted by Crippen LogP contribution is -2.29. The van der Waals surface area contributed by atoms with E-state index in [2.05, 4.69) is 4.99 Å². The normalized spacial score (nSPS) is 12.9. The van der Waals surface area contributed by atoms with Gasteiger partial charge in [0.15, 0.2) is 10.6 Å². The number of ether oxygens (including phenoxy) is 1. The van der Waals surface area contributed by atoms with E-state index in [1.54, 1.807) is 38.1 Å². The van der Waals surface area contributed by atoms with Crippen LogP contribution < -0.4 is 4.80 Å². The molecule has 0 aliphatic carbocycles. The highest BCUT2D eigenvalue weighted by atomic mass is 32.1. The lowest BCUT2D eigenvalue weighted by molar-refractivity contribution is -0.147. The van der Waals surface area contributed by atoms with E-state index in [4.69, 9.17) is 4.74 Å². The molecule has 1 aromatic heterocycles. The fourth-order valence-corrected chi connectivity index (χ4v) is 4.11. The fourth-order valence-electron chi connectivity index (χ4n) is 3.00. The Balaban J connectivity index is 2.25. The molecule has 1 heterocycles. The van der Waals surface area contributed by atoms with Crippen LogP contribution in [0.1, 0.15) is 42.2 Å². The Morgan fingerprint density at radius 2 is 1.86 bits per heavy atom. The molecule has 1 amide bonds. The number of fused-ring (bicyclic) bond motifs is 1. The molecule has 3 rings (SSSR count). The number of carbonyl (C=O) groups excluding carboxylic acids is 2. The minimum atomic E-state index is -0.895. The molecule has 0 spiro atoms. The molecule has 0 saturated heterocycles. The molecule has 1 unspecified atom stereocenters. The van der Waals surface area contributed by atoms with Crippen molar-refractivity contribution in [3.8, 4) is 0 Å². The third kappa shape index (κ3) is 4.27. The summed E-state index contributed by atoms with van der Waals surface area (Å²) in [6.07, 6.45) is 0.285. The van der Waals surface area contributed by atoms with Crippen molar-refractivity contribution in [1.82, 2.24) is 4.57 Å². The number of aryl methyl sites for hydroxylation is 1. The summed E-state index contributed by atoms with van der Waals surface area (Å²) in [5.41, 5.74) is 1.37. The van der Waals surface area contributed by atoms with E-state index in [1.165, 1.54) is 4.57 Å². The standard InChI is InChI=1S/C21H20F2N2O3S/c1-4-16(20(27)28-5-2)25-18-15(23)10-14(22)11-17(18)29-21(25)24-19(26)13-8-6-12(3)7-9-13/h6-11,16H,4-5H2,1-3H3. The lowest BCUT2D eigenvalue weighted by atomic mass is 10.1. The van der Waals surface area contributed by atoms with E-state index in [9.17, 15) is 18.4 Å². The molecule has 0 aliphatic rings. The number of aromatic nitrogens is 1. The summed E-state index contributed by atoms with van der Waals surface area (Å²) in [7, 11) is 0. The maximum Gasteiger partial charge on any atom is 0.329 e. The van der Waals surface area contributed by atoms with Gasteiger partial charge >= 0.3 is 5.97 Å². The van der Waals surface area contributed by atoms with Gasteiger partial charge in [0, 0.05) is 11.6 Å². The zero-order valence-electron chi connectivity index (χ0n) is 16.2. The first-order valence-electron chi connectivity index (χ1n) is 9.18. The largest absolute Gasteiger partial charge is 0.464 e. The van der Waals surface area contributed by atoms with Crippen LogP contribution in [-0.2, 0) is 9.53 Å². The zero-order chi connectivity index (χ0) is 21.1. The first-order chi connectivity index (χ1) is 13.8. The van der Waals surface area contributed by atoms with E-state index in [0.717, 1.165) is 29.0 Å². The topological polar surface area (TPSA) is 60.7 Å². The quantitative estimate of drug-likeness (QED) is 0.572. The smallest absolute Gasteiger partial charge is 0.329 e. The molecule has 0 radical (unpaired) electrons. The van der Waals surface area contributed by atoms with E-state index in [0.29, 0.717) is 5.56 Å². The molecule has 2 aromatic carbocycles. The Morgan fingerprint density at radius 1 is 1.17 bits per heavy atom. The number of rotatable bonds is 5. The average molecular weight is 418 g/mol. The lowest BCUT2D eigenvalue weighted by Gasteiger charge is -2.16. The molecular weight excluding hydrogens is 398 g/mol. The van der Waals surface area contributed by atoms with Gasteiger partial charge in [-0.05, 0) is 38.5 Å². The summed E-state index contributed by atoms with van der Waals surface area (Å²) < 4.78 is 35.1. The minimum Gasteiger partial charge on any atom is -0.464 e. The molecule has 0 fully saturated rings. The molecule has 0 saturated carbocycles.